The van der Waals surface area contributed by atoms with E-state index in [2.05, 4.69) is 9.72 Å². The standard InChI is InChI=1S/C12H10F3NO2/c1-6-3-4-7-8(5-6)16-10(12(13,14)15)9(7)11(17)18-2/h3-5,16H,1-2H3. The number of aromatic nitrogens is 1. The fourth-order valence-corrected chi connectivity index (χ4v) is 1.84. The number of aryl methyl sites for hydroxylation is 1. The Balaban J connectivity index is 2.80. The van der Waals surface area contributed by atoms with E-state index < -0.39 is 23.4 Å². The molecule has 2 aromatic rings. The summed E-state index contributed by atoms with van der Waals surface area (Å²) in [5.74, 6) is -1.00. The number of fused-ring (bicyclic) bond motifs is 1. The van der Waals surface area contributed by atoms with E-state index in [0.717, 1.165) is 12.7 Å². The third kappa shape index (κ3) is 1.94. The van der Waals surface area contributed by atoms with Gasteiger partial charge in [-0.15, -0.1) is 0 Å². The molecule has 0 fully saturated rings. The molecule has 0 bridgehead atoms. The van der Waals surface area contributed by atoms with Gasteiger partial charge in [-0.3, -0.25) is 0 Å². The largest absolute Gasteiger partial charge is 0.465 e. The molecular formula is C12H10F3NO2. The van der Waals surface area contributed by atoms with Crippen LogP contribution in [0.1, 0.15) is 21.6 Å². The monoisotopic (exact) mass is 257 g/mol. The number of rotatable bonds is 1. The maximum absolute atomic E-state index is 12.8. The van der Waals surface area contributed by atoms with Crippen molar-refractivity contribution in [1.29, 1.82) is 0 Å². The predicted octanol–water partition coefficient (Wildman–Crippen LogP) is 3.28. The Hall–Kier alpha value is -1.98. The molecule has 0 aliphatic heterocycles. The van der Waals surface area contributed by atoms with Crippen molar-refractivity contribution < 1.29 is 22.7 Å². The van der Waals surface area contributed by atoms with Gasteiger partial charge in [0.1, 0.15) is 5.69 Å². The SMILES string of the molecule is COC(=O)c1c(C(F)(F)F)[nH]c2cc(C)ccc12. The van der Waals surface area contributed by atoms with E-state index in [9.17, 15) is 18.0 Å². The Morgan fingerprint density at radius 2 is 2.00 bits per heavy atom. The van der Waals surface area contributed by atoms with Gasteiger partial charge < -0.3 is 9.72 Å². The zero-order chi connectivity index (χ0) is 13.5. The van der Waals surface area contributed by atoms with Crippen molar-refractivity contribution >= 4 is 16.9 Å². The third-order valence-corrected chi connectivity index (χ3v) is 2.63. The number of methoxy groups -OCH3 is 1. The summed E-state index contributed by atoms with van der Waals surface area (Å²) in [6.07, 6.45) is -4.63. The molecule has 6 heteroatoms. The molecule has 2 rings (SSSR count). The van der Waals surface area contributed by atoms with Crippen molar-refractivity contribution in [2.45, 2.75) is 13.1 Å². The van der Waals surface area contributed by atoms with Crippen molar-refractivity contribution in [2.75, 3.05) is 7.11 Å². The Kier molecular flexibility index (Phi) is 2.80. The first-order valence-electron chi connectivity index (χ1n) is 5.12. The summed E-state index contributed by atoms with van der Waals surface area (Å²) < 4.78 is 42.9. The van der Waals surface area contributed by atoms with Gasteiger partial charge in [0.25, 0.3) is 0 Å². The van der Waals surface area contributed by atoms with Gasteiger partial charge in [0.05, 0.1) is 12.7 Å². The molecule has 1 N–H and O–H groups in total. The number of nitrogens with one attached hydrogen (secondary N) is 1. The zero-order valence-corrected chi connectivity index (χ0v) is 9.68. The van der Waals surface area contributed by atoms with Gasteiger partial charge in [-0.25, -0.2) is 4.79 Å². The minimum absolute atomic E-state index is 0.208. The molecule has 96 valence electrons. The van der Waals surface area contributed by atoms with Crippen LogP contribution < -0.4 is 0 Å². The lowest BCUT2D eigenvalue weighted by Crippen LogP contribution is -2.13. The highest BCUT2D eigenvalue weighted by atomic mass is 19.4. The third-order valence-electron chi connectivity index (χ3n) is 2.63. The summed E-state index contributed by atoms with van der Waals surface area (Å²) in [4.78, 5) is 13.7. The Morgan fingerprint density at radius 3 is 2.56 bits per heavy atom. The van der Waals surface area contributed by atoms with Gasteiger partial charge in [0, 0.05) is 10.9 Å². The van der Waals surface area contributed by atoms with E-state index >= 15 is 0 Å². The van der Waals surface area contributed by atoms with Gasteiger partial charge in [0.15, 0.2) is 0 Å². The molecule has 0 unspecified atom stereocenters. The molecule has 0 amide bonds. The zero-order valence-electron chi connectivity index (χ0n) is 9.68. The van der Waals surface area contributed by atoms with E-state index in [0.29, 0.717) is 0 Å². The molecule has 0 atom stereocenters. The van der Waals surface area contributed by atoms with Gasteiger partial charge in [-0.1, -0.05) is 12.1 Å². The van der Waals surface area contributed by atoms with E-state index in [1.165, 1.54) is 6.07 Å². The second-order valence-electron chi connectivity index (χ2n) is 3.91. The fraction of sp³-hybridized carbons (Fsp3) is 0.250. The fourth-order valence-electron chi connectivity index (χ4n) is 1.84. The highest BCUT2D eigenvalue weighted by molar-refractivity contribution is 6.05. The number of carbonyl (C=O) groups excluding carboxylic acids is 1. The molecule has 0 saturated heterocycles. The van der Waals surface area contributed by atoms with Gasteiger partial charge in [-0.05, 0) is 18.6 Å². The molecule has 1 aromatic heterocycles. The first kappa shape index (κ1) is 12.5. The number of aromatic amines is 1. The topological polar surface area (TPSA) is 42.1 Å². The van der Waals surface area contributed by atoms with E-state index in [1.807, 2.05) is 0 Å². The predicted molar refractivity (Wildman–Crippen MR) is 59.4 cm³/mol. The van der Waals surface area contributed by atoms with Crippen LogP contribution in [0.15, 0.2) is 18.2 Å². The normalized spacial score (nSPS) is 11.8. The smallest absolute Gasteiger partial charge is 0.432 e. The van der Waals surface area contributed by atoms with Crippen LogP contribution >= 0.6 is 0 Å². The van der Waals surface area contributed by atoms with Crippen molar-refractivity contribution in [3.8, 4) is 0 Å². The summed E-state index contributed by atoms with van der Waals surface area (Å²) in [6.45, 7) is 1.76. The molecule has 0 spiro atoms. The maximum Gasteiger partial charge on any atom is 0.432 e. The number of esters is 1. The van der Waals surface area contributed by atoms with E-state index in [1.54, 1.807) is 19.1 Å². The minimum atomic E-state index is -4.63. The average molecular weight is 257 g/mol. The summed E-state index contributed by atoms with van der Waals surface area (Å²) in [7, 11) is 1.05. The molecule has 0 aliphatic carbocycles. The molecule has 1 heterocycles. The summed E-state index contributed by atoms with van der Waals surface area (Å²) in [5, 5.41) is 0.208. The number of hydrogen-bond acceptors (Lipinski definition) is 2. The van der Waals surface area contributed by atoms with Crippen LogP contribution in [0, 0.1) is 6.92 Å². The summed E-state index contributed by atoms with van der Waals surface area (Å²) in [5.41, 5.74) is -0.480. The highest BCUT2D eigenvalue weighted by Crippen LogP contribution is 2.36. The minimum Gasteiger partial charge on any atom is -0.465 e. The quantitative estimate of drug-likeness (QED) is 0.796. The van der Waals surface area contributed by atoms with Crippen LogP contribution in [-0.2, 0) is 10.9 Å². The lowest BCUT2D eigenvalue weighted by atomic mass is 10.1. The first-order chi connectivity index (χ1) is 8.34. The van der Waals surface area contributed by atoms with Gasteiger partial charge in [0.2, 0.25) is 0 Å². The van der Waals surface area contributed by atoms with Crippen LogP contribution in [0.3, 0.4) is 0 Å². The van der Waals surface area contributed by atoms with Crippen LogP contribution in [0.25, 0.3) is 10.9 Å². The summed E-state index contributed by atoms with van der Waals surface area (Å²) >= 11 is 0. The number of halogens is 3. The van der Waals surface area contributed by atoms with Crippen molar-refractivity contribution in [3.05, 3.63) is 35.0 Å². The van der Waals surface area contributed by atoms with Crippen LogP contribution in [-0.4, -0.2) is 18.1 Å². The second kappa shape index (κ2) is 4.04. The molecule has 0 saturated carbocycles. The lowest BCUT2D eigenvalue weighted by molar-refractivity contribution is -0.141. The second-order valence-corrected chi connectivity index (χ2v) is 3.91. The molecular weight excluding hydrogens is 247 g/mol. The number of alkyl halides is 3. The number of H-pyrrole nitrogens is 1. The van der Waals surface area contributed by atoms with Crippen LogP contribution in [0.5, 0.6) is 0 Å². The van der Waals surface area contributed by atoms with Gasteiger partial charge in [-0.2, -0.15) is 13.2 Å². The first-order valence-corrected chi connectivity index (χ1v) is 5.12. The highest BCUT2D eigenvalue weighted by Gasteiger charge is 2.39. The molecule has 0 aliphatic rings. The van der Waals surface area contributed by atoms with Crippen molar-refractivity contribution in [1.82, 2.24) is 4.98 Å². The lowest BCUT2D eigenvalue weighted by Gasteiger charge is -2.06. The average Bonchev–Trinajstić information content (AvgIpc) is 2.66. The van der Waals surface area contributed by atoms with Gasteiger partial charge >= 0.3 is 12.1 Å². The Labute approximate surface area is 101 Å². The Bertz CT molecular complexity index is 614. The maximum atomic E-state index is 12.8. The van der Waals surface area contributed by atoms with Crippen LogP contribution in [0.4, 0.5) is 13.2 Å². The molecule has 1 aromatic carbocycles. The Morgan fingerprint density at radius 1 is 1.33 bits per heavy atom. The van der Waals surface area contributed by atoms with Crippen LogP contribution in [0.2, 0.25) is 0 Å². The number of hydrogen-bond donors (Lipinski definition) is 1. The van der Waals surface area contributed by atoms with E-state index in [-0.39, 0.29) is 10.9 Å². The summed E-state index contributed by atoms with van der Waals surface area (Å²) in [6, 6.07) is 4.67. The molecule has 18 heavy (non-hydrogen) atoms. The van der Waals surface area contributed by atoms with E-state index in [4.69, 9.17) is 0 Å². The molecule has 3 nitrogen and oxygen atoms in total. The molecule has 0 radical (unpaired) electrons. The number of ether oxygens (including phenoxy) is 1. The number of carbonyl (C=O) groups is 1. The van der Waals surface area contributed by atoms with Crippen molar-refractivity contribution in [2.24, 2.45) is 0 Å². The van der Waals surface area contributed by atoms with Crippen molar-refractivity contribution in [3.63, 3.8) is 0 Å². The number of benzene rings is 1.